The highest BCUT2D eigenvalue weighted by Gasteiger charge is 2.05. The molecule has 4 heteroatoms. The molecule has 0 saturated carbocycles. The summed E-state index contributed by atoms with van der Waals surface area (Å²) in [6.07, 6.45) is 0. The standard InChI is InChI=1S/C15H15Br2NS/c1-2-18-10-11-9-13(17)5-8-15(11)19-14-6-3-12(16)4-7-14/h3-9,18H,2,10H2,1H3. The lowest BCUT2D eigenvalue weighted by atomic mass is 10.2. The van der Waals surface area contributed by atoms with Crippen LogP contribution in [0.4, 0.5) is 0 Å². The minimum Gasteiger partial charge on any atom is -0.313 e. The first-order valence-electron chi connectivity index (χ1n) is 6.11. The fourth-order valence-corrected chi connectivity index (χ4v) is 3.27. The monoisotopic (exact) mass is 399 g/mol. The predicted octanol–water partition coefficient (Wildman–Crippen LogP) is 5.47. The average molecular weight is 401 g/mol. The van der Waals surface area contributed by atoms with Crippen LogP contribution < -0.4 is 5.32 Å². The van der Waals surface area contributed by atoms with Gasteiger partial charge >= 0.3 is 0 Å². The number of nitrogens with one attached hydrogen (secondary N) is 1. The molecular weight excluding hydrogens is 386 g/mol. The van der Waals surface area contributed by atoms with Crippen LogP contribution in [0.25, 0.3) is 0 Å². The molecule has 0 aliphatic carbocycles. The van der Waals surface area contributed by atoms with Crippen LogP contribution in [0.15, 0.2) is 61.2 Å². The zero-order valence-corrected chi connectivity index (χ0v) is 14.6. The van der Waals surface area contributed by atoms with Crippen molar-refractivity contribution in [2.45, 2.75) is 23.3 Å². The molecule has 2 rings (SSSR count). The Labute approximate surface area is 135 Å². The van der Waals surface area contributed by atoms with Gasteiger partial charge in [-0.1, -0.05) is 50.5 Å². The van der Waals surface area contributed by atoms with Gasteiger partial charge in [0, 0.05) is 25.3 Å². The average Bonchev–Trinajstić information content (AvgIpc) is 2.41. The molecule has 0 aliphatic heterocycles. The van der Waals surface area contributed by atoms with Gasteiger partial charge in [-0.3, -0.25) is 0 Å². The maximum absolute atomic E-state index is 3.54. The molecule has 0 bridgehead atoms. The number of halogens is 2. The van der Waals surface area contributed by atoms with Gasteiger partial charge in [-0.15, -0.1) is 0 Å². The largest absolute Gasteiger partial charge is 0.313 e. The lowest BCUT2D eigenvalue weighted by Gasteiger charge is -2.10. The topological polar surface area (TPSA) is 12.0 Å². The number of benzene rings is 2. The van der Waals surface area contributed by atoms with Crippen molar-refractivity contribution in [2.75, 3.05) is 6.54 Å². The minimum absolute atomic E-state index is 0.898. The van der Waals surface area contributed by atoms with Crippen molar-refractivity contribution in [3.05, 3.63) is 57.0 Å². The molecule has 0 spiro atoms. The highest BCUT2D eigenvalue weighted by atomic mass is 79.9. The van der Waals surface area contributed by atoms with Crippen LogP contribution in [0, 0.1) is 0 Å². The molecule has 0 amide bonds. The van der Waals surface area contributed by atoms with Crippen molar-refractivity contribution in [1.82, 2.24) is 5.32 Å². The third kappa shape index (κ3) is 4.63. The molecule has 0 radical (unpaired) electrons. The smallest absolute Gasteiger partial charge is 0.0217 e. The van der Waals surface area contributed by atoms with E-state index >= 15 is 0 Å². The molecule has 0 unspecified atom stereocenters. The SMILES string of the molecule is CCNCc1cc(Br)ccc1Sc1ccc(Br)cc1. The molecular formula is C15H15Br2NS. The molecule has 0 fully saturated rings. The summed E-state index contributed by atoms with van der Waals surface area (Å²) in [6, 6.07) is 14.9. The first-order chi connectivity index (χ1) is 9.19. The van der Waals surface area contributed by atoms with Gasteiger partial charge < -0.3 is 5.32 Å². The van der Waals surface area contributed by atoms with E-state index in [0.29, 0.717) is 0 Å². The van der Waals surface area contributed by atoms with Crippen LogP contribution in [0.5, 0.6) is 0 Å². The van der Waals surface area contributed by atoms with Gasteiger partial charge in [-0.05, 0) is 54.6 Å². The van der Waals surface area contributed by atoms with E-state index < -0.39 is 0 Å². The molecule has 0 aliphatic rings. The van der Waals surface area contributed by atoms with Crippen molar-refractivity contribution in [2.24, 2.45) is 0 Å². The van der Waals surface area contributed by atoms with Gasteiger partial charge in [0.25, 0.3) is 0 Å². The number of hydrogen-bond acceptors (Lipinski definition) is 2. The first-order valence-corrected chi connectivity index (χ1v) is 8.52. The van der Waals surface area contributed by atoms with Gasteiger partial charge in [0.2, 0.25) is 0 Å². The van der Waals surface area contributed by atoms with E-state index in [1.807, 2.05) is 0 Å². The molecule has 100 valence electrons. The molecule has 2 aromatic carbocycles. The predicted molar refractivity (Wildman–Crippen MR) is 89.8 cm³/mol. The van der Waals surface area contributed by atoms with E-state index in [-0.39, 0.29) is 0 Å². The first kappa shape index (κ1) is 15.1. The van der Waals surface area contributed by atoms with Gasteiger partial charge in [-0.25, -0.2) is 0 Å². The van der Waals surface area contributed by atoms with Crippen molar-refractivity contribution >= 4 is 43.6 Å². The Morgan fingerprint density at radius 3 is 2.37 bits per heavy atom. The molecule has 0 heterocycles. The summed E-state index contributed by atoms with van der Waals surface area (Å²) in [6.45, 7) is 4.00. The lowest BCUT2D eigenvalue weighted by molar-refractivity contribution is 0.717. The Hall–Kier alpha value is -0.290. The van der Waals surface area contributed by atoms with Gasteiger partial charge in [-0.2, -0.15) is 0 Å². The van der Waals surface area contributed by atoms with Crippen LogP contribution in [-0.2, 0) is 6.54 Å². The number of rotatable bonds is 5. The van der Waals surface area contributed by atoms with Crippen LogP contribution >= 0.6 is 43.6 Å². The Balaban J connectivity index is 2.20. The van der Waals surface area contributed by atoms with E-state index in [1.165, 1.54) is 15.4 Å². The third-order valence-electron chi connectivity index (χ3n) is 2.63. The van der Waals surface area contributed by atoms with Crippen LogP contribution in [-0.4, -0.2) is 6.54 Å². The maximum atomic E-state index is 3.54. The normalized spacial score (nSPS) is 10.7. The second kappa shape index (κ2) is 7.48. The van der Waals surface area contributed by atoms with E-state index in [4.69, 9.17) is 0 Å². The van der Waals surface area contributed by atoms with Crippen LogP contribution in [0.2, 0.25) is 0 Å². The summed E-state index contributed by atoms with van der Waals surface area (Å²) >= 11 is 8.80. The highest BCUT2D eigenvalue weighted by molar-refractivity contribution is 9.10. The zero-order valence-electron chi connectivity index (χ0n) is 10.6. The fourth-order valence-electron chi connectivity index (χ4n) is 1.68. The summed E-state index contributed by atoms with van der Waals surface area (Å²) in [5, 5.41) is 3.39. The highest BCUT2D eigenvalue weighted by Crippen LogP contribution is 2.32. The van der Waals surface area contributed by atoms with Crippen molar-refractivity contribution in [3.63, 3.8) is 0 Å². The Morgan fingerprint density at radius 2 is 1.68 bits per heavy atom. The van der Waals surface area contributed by atoms with Gasteiger partial charge in [0.05, 0.1) is 0 Å². The van der Waals surface area contributed by atoms with Gasteiger partial charge in [0.1, 0.15) is 0 Å². The maximum Gasteiger partial charge on any atom is 0.0217 e. The van der Waals surface area contributed by atoms with Crippen LogP contribution in [0.3, 0.4) is 0 Å². The number of hydrogen-bond donors (Lipinski definition) is 1. The molecule has 1 N–H and O–H groups in total. The zero-order chi connectivity index (χ0) is 13.7. The Morgan fingerprint density at radius 1 is 1.00 bits per heavy atom. The summed E-state index contributed by atoms with van der Waals surface area (Å²) in [5.41, 5.74) is 1.32. The molecule has 19 heavy (non-hydrogen) atoms. The molecule has 0 atom stereocenters. The van der Waals surface area contributed by atoms with E-state index in [0.717, 1.165) is 22.0 Å². The van der Waals surface area contributed by atoms with Crippen LogP contribution in [0.1, 0.15) is 12.5 Å². The Kier molecular flexibility index (Phi) is 5.95. The van der Waals surface area contributed by atoms with Crippen molar-refractivity contribution in [1.29, 1.82) is 0 Å². The van der Waals surface area contributed by atoms with Crippen molar-refractivity contribution < 1.29 is 0 Å². The molecule has 1 nitrogen and oxygen atoms in total. The second-order valence-electron chi connectivity index (χ2n) is 4.09. The molecule has 0 saturated heterocycles. The van der Waals surface area contributed by atoms with Gasteiger partial charge in [0.15, 0.2) is 0 Å². The molecule has 0 aromatic heterocycles. The lowest BCUT2D eigenvalue weighted by Crippen LogP contribution is -2.12. The van der Waals surface area contributed by atoms with E-state index in [1.54, 1.807) is 11.8 Å². The minimum atomic E-state index is 0.898. The quantitative estimate of drug-likeness (QED) is 0.713. The third-order valence-corrected chi connectivity index (χ3v) is 4.78. The summed E-state index contributed by atoms with van der Waals surface area (Å²) in [7, 11) is 0. The second-order valence-corrected chi connectivity index (χ2v) is 7.04. The molecule has 2 aromatic rings. The van der Waals surface area contributed by atoms with Crippen molar-refractivity contribution in [3.8, 4) is 0 Å². The fraction of sp³-hybridized carbons (Fsp3) is 0.200. The van der Waals surface area contributed by atoms with E-state index in [9.17, 15) is 0 Å². The summed E-state index contributed by atoms with van der Waals surface area (Å²) in [5.74, 6) is 0. The van der Waals surface area contributed by atoms with E-state index in [2.05, 4.69) is 86.6 Å². The Bertz CT molecular complexity index is 540. The summed E-state index contributed by atoms with van der Waals surface area (Å²) < 4.78 is 2.24. The summed E-state index contributed by atoms with van der Waals surface area (Å²) in [4.78, 5) is 2.55.